The second kappa shape index (κ2) is 7.76. The Kier molecular flexibility index (Phi) is 5.42. The Morgan fingerprint density at radius 3 is 1.47 bits per heavy atom. The highest BCUT2D eigenvalue weighted by Crippen LogP contribution is 2.36. The standard InChI is InChI=1S/C26H30B2O2/c1-19-17-23(28-29-25(3,4)26(5,6)30-28)18-20(2)24(19)27(21-13-9-7-10-14-21)22-15-11-8-12-16-22/h7-18H,1-6H3. The van der Waals surface area contributed by atoms with Gasteiger partial charge in [0.2, 0.25) is 6.71 Å². The Morgan fingerprint density at radius 2 is 1.07 bits per heavy atom. The molecule has 1 aliphatic heterocycles. The molecule has 152 valence electrons. The van der Waals surface area contributed by atoms with E-state index in [1.54, 1.807) is 0 Å². The average Bonchev–Trinajstić information content (AvgIpc) is 2.93. The lowest BCUT2D eigenvalue weighted by molar-refractivity contribution is 0.00578. The molecular formula is C26H30B2O2. The van der Waals surface area contributed by atoms with Crippen molar-refractivity contribution in [3.8, 4) is 0 Å². The molecule has 1 heterocycles. The van der Waals surface area contributed by atoms with Crippen LogP contribution in [0.15, 0.2) is 72.8 Å². The average molecular weight is 396 g/mol. The van der Waals surface area contributed by atoms with Crippen molar-refractivity contribution in [1.29, 1.82) is 0 Å². The quantitative estimate of drug-likeness (QED) is 0.632. The number of hydrogen-bond acceptors (Lipinski definition) is 2. The van der Waals surface area contributed by atoms with E-state index < -0.39 is 0 Å². The summed E-state index contributed by atoms with van der Waals surface area (Å²) in [6, 6.07) is 26.0. The van der Waals surface area contributed by atoms with Crippen molar-refractivity contribution in [3.63, 3.8) is 0 Å². The van der Waals surface area contributed by atoms with Gasteiger partial charge in [0, 0.05) is 0 Å². The Labute approximate surface area is 181 Å². The molecule has 0 aliphatic carbocycles. The van der Waals surface area contributed by atoms with Crippen LogP contribution in [-0.2, 0) is 9.31 Å². The summed E-state index contributed by atoms with van der Waals surface area (Å²) in [7, 11) is -0.339. The van der Waals surface area contributed by atoms with E-state index in [1.807, 2.05) is 0 Å². The van der Waals surface area contributed by atoms with Crippen LogP contribution in [0.5, 0.6) is 0 Å². The van der Waals surface area contributed by atoms with Crippen LogP contribution in [0.25, 0.3) is 0 Å². The molecule has 0 aromatic heterocycles. The van der Waals surface area contributed by atoms with Gasteiger partial charge >= 0.3 is 7.12 Å². The van der Waals surface area contributed by atoms with Gasteiger partial charge in [0.25, 0.3) is 0 Å². The van der Waals surface area contributed by atoms with Gasteiger partial charge in [0.1, 0.15) is 0 Å². The molecule has 0 radical (unpaired) electrons. The van der Waals surface area contributed by atoms with E-state index in [4.69, 9.17) is 9.31 Å². The van der Waals surface area contributed by atoms with Gasteiger partial charge in [-0.05, 0) is 47.0 Å². The lowest BCUT2D eigenvalue weighted by Crippen LogP contribution is -2.54. The molecular weight excluding hydrogens is 366 g/mol. The molecule has 1 saturated heterocycles. The van der Waals surface area contributed by atoms with Crippen LogP contribution in [0.4, 0.5) is 0 Å². The van der Waals surface area contributed by atoms with Gasteiger partial charge in [-0.15, -0.1) is 0 Å². The molecule has 0 saturated carbocycles. The summed E-state index contributed by atoms with van der Waals surface area (Å²) in [4.78, 5) is 0. The first-order valence-electron chi connectivity index (χ1n) is 10.8. The van der Waals surface area contributed by atoms with Crippen molar-refractivity contribution in [2.45, 2.75) is 52.7 Å². The number of hydrogen-bond donors (Lipinski definition) is 0. The Bertz CT molecular complexity index is 951. The Balaban J connectivity index is 1.79. The van der Waals surface area contributed by atoms with Crippen LogP contribution < -0.4 is 21.9 Å². The van der Waals surface area contributed by atoms with Crippen molar-refractivity contribution in [3.05, 3.63) is 83.9 Å². The van der Waals surface area contributed by atoms with Crippen molar-refractivity contribution in [1.82, 2.24) is 0 Å². The van der Waals surface area contributed by atoms with Crippen LogP contribution in [0.3, 0.4) is 0 Å². The molecule has 0 amide bonds. The first-order valence-corrected chi connectivity index (χ1v) is 10.8. The van der Waals surface area contributed by atoms with Crippen LogP contribution in [0.1, 0.15) is 38.8 Å². The van der Waals surface area contributed by atoms with Crippen LogP contribution in [0.2, 0.25) is 0 Å². The second-order valence-electron chi connectivity index (χ2n) is 9.41. The lowest BCUT2D eigenvalue weighted by Gasteiger charge is -2.32. The van der Waals surface area contributed by atoms with Gasteiger partial charge in [0.15, 0.2) is 0 Å². The number of benzene rings is 3. The number of rotatable bonds is 4. The van der Waals surface area contributed by atoms with Gasteiger partial charge in [-0.3, -0.25) is 0 Å². The molecule has 4 rings (SSSR count). The Morgan fingerprint density at radius 1 is 0.667 bits per heavy atom. The summed E-state index contributed by atoms with van der Waals surface area (Å²) < 4.78 is 12.6. The summed E-state index contributed by atoms with van der Waals surface area (Å²) in [5, 5.41) is 0. The van der Waals surface area contributed by atoms with Gasteiger partial charge in [-0.2, -0.15) is 0 Å². The number of aryl methyl sites for hydroxylation is 2. The second-order valence-corrected chi connectivity index (χ2v) is 9.41. The summed E-state index contributed by atoms with van der Waals surface area (Å²) >= 11 is 0. The lowest BCUT2D eigenvalue weighted by atomic mass is 9.35. The molecule has 0 bridgehead atoms. The Hall–Kier alpha value is -2.29. The third-order valence-corrected chi connectivity index (χ3v) is 6.70. The SMILES string of the molecule is Cc1cc(B2OC(C)(C)C(C)(C)O2)cc(C)c1B(c1ccccc1)c1ccccc1. The molecule has 3 aromatic carbocycles. The minimum Gasteiger partial charge on any atom is -0.399 e. The maximum absolute atomic E-state index is 6.31. The molecule has 2 nitrogen and oxygen atoms in total. The van der Waals surface area contributed by atoms with E-state index >= 15 is 0 Å². The van der Waals surface area contributed by atoms with Crippen molar-refractivity contribution in [2.75, 3.05) is 0 Å². The summed E-state index contributed by atoms with van der Waals surface area (Å²) in [6.45, 7) is 13.0. The van der Waals surface area contributed by atoms with Crippen molar-refractivity contribution in [2.24, 2.45) is 0 Å². The highest BCUT2D eigenvalue weighted by Gasteiger charge is 2.51. The minimum absolute atomic E-state index is 0.194. The fourth-order valence-electron chi connectivity index (χ4n) is 4.40. The van der Waals surface area contributed by atoms with E-state index in [0.717, 1.165) is 5.46 Å². The highest BCUT2D eigenvalue weighted by atomic mass is 16.7. The van der Waals surface area contributed by atoms with E-state index in [0.29, 0.717) is 0 Å². The zero-order valence-electron chi connectivity index (χ0n) is 18.9. The summed E-state index contributed by atoms with van der Waals surface area (Å²) in [5.74, 6) is 0. The third kappa shape index (κ3) is 3.75. The van der Waals surface area contributed by atoms with Gasteiger partial charge in [-0.1, -0.05) is 100 Å². The van der Waals surface area contributed by atoms with Crippen LogP contribution in [0, 0.1) is 13.8 Å². The predicted octanol–water partition coefficient (Wildman–Crippen LogP) is 3.12. The largest absolute Gasteiger partial charge is 0.494 e. The van der Waals surface area contributed by atoms with E-state index in [2.05, 4.69) is 114 Å². The van der Waals surface area contributed by atoms with Crippen molar-refractivity contribution >= 4 is 35.7 Å². The fraction of sp³-hybridized carbons (Fsp3) is 0.308. The van der Waals surface area contributed by atoms with E-state index in [1.165, 1.54) is 27.5 Å². The molecule has 4 heteroatoms. The summed E-state index contributed by atoms with van der Waals surface area (Å²) in [6.07, 6.45) is 0. The topological polar surface area (TPSA) is 18.5 Å². The fourth-order valence-corrected chi connectivity index (χ4v) is 4.40. The molecule has 0 N–H and O–H groups in total. The monoisotopic (exact) mass is 396 g/mol. The van der Waals surface area contributed by atoms with Gasteiger partial charge in [-0.25, -0.2) is 0 Å². The maximum Gasteiger partial charge on any atom is 0.494 e. The van der Waals surface area contributed by atoms with Gasteiger partial charge in [0.05, 0.1) is 11.2 Å². The first kappa shape index (κ1) is 21.0. The molecule has 3 aromatic rings. The zero-order valence-corrected chi connectivity index (χ0v) is 18.9. The van der Waals surface area contributed by atoms with E-state index in [-0.39, 0.29) is 25.0 Å². The van der Waals surface area contributed by atoms with Crippen LogP contribution in [-0.4, -0.2) is 25.0 Å². The van der Waals surface area contributed by atoms with E-state index in [9.17, 15) is 0 Å². The molecule has 30 heavy (non-hydrogen) atoms. The highest BCUT2D eigenvalue weighted by molar-refractivity contribution is 6.96. The molecule has 0 unspecified atom stereocenters. The van der Waals surface area contributed by atoms with Crippen molar-refractivity contribution < 1.29 is 9.31 Å². The zero-order chi connectivity index (χ0) is 21.5. The minimum atomic E-state index is -0.339. The molecule has 1 aliphatic rings. The predicted molar refractivity (Wildman–Crippen MR) is 129 cm³/mol. The smallest absolute Gasteiger partial charge is 0.399 e. The molecule has 1 fully saturated rings. The molecule has 0 spiro atoms. The van der Waals surface area contributed by atoms with Gasteiger partial charge < -0.3 is 9.31 Å². The maximum atomic E-state index is 6.31. The first-order chi connectivity index (χ1) is 14.2. The van der Waals surface area contributed by atoms with Crippen LogP contribution >= 0.6 is 0 Å². The summed E-state index contributed by atoms with van der Waals surface area (Å²) in [5.41, 5.74) is 6.90. The third-order valence-electron chi connectivity index (χ3n) is 6.70. The normalized spacial score (nSPS) is 17.2. The molecule has 0 atom stereocenters.